The summed E-state index contributed by atoms with van der Waals surface area (Å²) in [6, 6.07) is 14.4. The Hall–Kier alpha value is -2.40. The SMILES string of the molecule is CN(C)c1ncccc1C(=O)NCCN1CCC(CCc2ccccc2)CC1. The maximum atomic E-state index is 12.5. The summed E-state index contributed by atoms with van der Waals surface area (Å²) < 4.78 is 0. The minimum atomic E-state index is -0.0467. The summed E-state index contributed by atoms with van der Waals surface area (Å²) in [7, 11) is 3.81. The number of pyridine rings is 1. The van der Waals surface area contributed by atoms with Crippen LogP contribution in [0.15, 0.2) is 48.7 Å². The van der Waals surface area contributed by atoms with Gasteiger partial charge in [-0.3, -0.25) is 4.79 Å². The molecule has 1 saturated heterocycles. The maximum Gasteiger partial charge on any atom is 0.255 e. The summed E-state index contributed by atoms with van der Waals surface area (Å²) in [6.45, 7) is 3.85. The van der Waals surface area contributed by atoms with E-state index in [1.54, 1.807) is 6.20 Å². The summed E-state index contributed by atoms with van der Waals surface area (Å²) in [5.74, 6) is 1.48. The Morgan fingerprint density at radius 2 is 1.89 bits per heavy atom. The highest BCUT2D eigenvalue weighted by molar-refractivity contribution is 5.98. The van der Waals surface area contributed by atoms with Gasteiger partial charge in [0.1, 0.15) is 5.82 Å². The van der Waals surface area contributed by atoms with E-state index in [9.17, 15) is 4.79 Å². The second-order valence-corrected chi connectivity index (χ2v) is 7.83. The van der Waals surface area contributed by atoms with E-state index in [1.165, 1.54) is 31.2 Å². The number of likely N-dealkylation sites (tertiary alicyclic amines) is 1. The quantitative estimate of drug-likeness (QED) is 0.764. The lowest BCUT2D eigenvalue weighted by Crippen LogP contribution is -2.39. The third-order valence-electron chi connectivity index (χ3n) is 5.56. The van der Waals surface area contributed by atoms with Crippen molar-refractivity contribution in [3.05, 3.63) is 59.8 Å². The minimum absolute atomic E-state index is 0.0467. The topological polar surface area (TPSA) is 48.5 Å². The average Bonchev–Trinajstić information content (AvgIpc) is 2.74. The van der Waals surface area contributed by atoms with Crippen molar-refractivity contribution in [3.63, 3.8) is 0 Å². The Bertz CT molecular complexity index is 739. The molecule has 1 aromatic heterocycles. The molecular weight excluding hydrogens is 348 g/mol. The highest BCUT2D eigenvalue weighted by atomic mass is 16.1. The molecule has 150 valence electrons. The number of carbonyl (C=O) groups excluding carboxylic acids is 1. The van der Waals surface area contributed by atoms with Gasteiger partial charge >= 0.3 is 0 Å². The van der Waals surface area contributed by atoms with Crippen LogP contribution in [0.1, 0.15) is 35.2 Å². The molecule has 0 bridgehead atoms. The third-order valence-corrected chi connectivity index (χ3v) is 5.56. The van der Waals surface area contributed by atoms with Crippen LogP contribution in [0.3, 0.4) is 0 Å². The Morgan fingerprint density at radius 3 is 2.61 bits per heavy atom. The van der Waals surface area contributed by atoms with Crippen LogP contribution < -0.4 is 10.2 Å². The van der Waals surface area contributed by atoms with E-state index < -0.39 is 0 Å². The fourth-order valence-electron chi connectivity index (χ4n) is 3.87. The van der Waals surface area contributed by atoms with Gasteiger partial charge in [-0.15, -0.1) is 0 Å². The third kappa shape index (κ3) is 5.80. The van der Waals surface area contributed by atoms with Gasteiger partial charge in [0.05, 0.1) is 5.56 Å². The van der Waals surface area contributed by atoms with Gasteiger partial charge in [0.25, 0.3) is 5.91 Å². The second kappa shape index (κ2) is 10.2. The molecule has 0 spiro atoms. The molecule has 1 fully saturated rings. The molecule has 1 amide bonds. The molecule has 1 aliphatic rings. The molecule has 0 radical (unpaired) electrons. The van der Waals surface area contributed by atoms with Crippen molar-refractivity contribution in [2.75, 3.05) is 45.2 Å². The maximum absolute atomic E-state index is 12.5. The monoisotopic (exact) mass is 380 g/mol. The van der Waals surface area contributed by atoms with Crippen LogP contribution >= 0.6 is 0 Å². The number of hydrogen-bond acceptors (Lipinski definition) is 4. The number of carbonyl (C=O) groups is 1. The van der Waals surface area contributed by atoms with E-state index in [0.717, 1.165) is 25.6 Å². The number of benzene rings is 1. The van der Waals surface area contributed by atoms with Crippen LogP contribution in [0.4, 0.5) is 5.82 Å². The summed E-state index contributed by atoms with van der Waals surface area (Å²) in [5, 5.41) is 3.05. The van der Waals surface area contributed by atoms with Gasteiger partial charge in [-0.1, -0.05) is 30.3 Å². The normalized spacial score (nSPS) is 15.4. The van der Waals surface area contributed by atoms with E-state index in [4.69, 9.17) is 0 Å². The fourth-order valence-corrected chi connectivity index (χ4v) is 3.87. The van der Waals surface area contributed by atoms with Gasteiger partial charge < -0.3 is 15.1 Å². The zero-order valence-electron chi connectivity index (χ0n) is 17.1. The Labute approximate surface area is 168 Å². The molecule has 0 unspecified atom stereocenters. The first kappa shape index (κ1) is 20.3. The molecule has 28 heavy (non-hydrogen) atoms. The molecule has 0 aliphatic carbocycles. The zero-order valence-corrected chi connectivity index (χ0v) is 17.1. The molecule has 3 rings (SSSR count). The van der Waals surface area contributed by atoms with Crippen LogP contribution in [-0.4, -0.2) is 56.1 Å². The Morgan fingerprint density at radius 1 is 1.14 bits per heavy atom. The van der Waals surface area contributed by atoms with E-state index in [0.29, 0.717) is 17.9 Å². The van der Waals surface area contributed by atoms with Crippen molar-refractivity contribution in [1.82, 2.24) is 15.2 Å². The number of nitrogens with zero attached hydrogens (tertiary/aromatic N) is 3. The molecule has 1 N–H and O–H groups in total. The predicted molar refractivity (Wildman–Crippen MR) is 115 cm³/mol. The molecule has 5 nitrogen and oxygen atoms in total. The minimum Gasteiger partial charge on any atom is -0.362 e. The van der Waals surface area contributed by atoms with Crippen LogP contribution in [0.25, 0.3) is 0 Å². The van der Waals surface area contributed by atoms with Gasteiger partial charge in [0.15, 0.2) is 0 Å². The first-order valence-corrected chi connectivity index (χ1v) is 10.3. The number of nitrogens with one attached hydrogen (secondary N) is 1. The van der Waals surface area contributed by atoms with Crippen molar-refractivity contribution in [1.29, 1.82) is 0 Å². The van der Waals surface area contributed by atoms with E-state index in [1.807, 2.05) is 31.1 Å². The highest BCUT2D eigenvalue weighted by Gasteiger charge is 2.19. The van der Waals surface area contributed by atoms with Gasteiger partial charge in [-0.25, -0.2) is 4.98 Å². The highest BCUT2D eigenvalue weighted by Crippen LogP contribution is 2.22. The number of aromatic nitrogens is 1. The predicted octanol–water partition coefficient (Wildman–Crippen LogP) is 3.22. The summed E-state index contributed by atoms with van der Waals surface area (Å²) in [4.78, 5) is 21.1. The molecule has 5 heteroatoms. The van der Waals surface area contributed by atoms with E-state index in [2.05, 4.69) is 45.5 Å². The summed E-state index contributed by atoms with van der Waals surface area (Å²) in [6.07, 6.45) is 6.69. The number of hydrogen-bond donors (Lipinski definition) is 1. The van der Waals surface area contributed by atoms with Crippen molar-refractivity contribution < 1.29 is 4.79 Å². The number of anilines is 1. The molecule has 0 atom stereocenters. The molecule has 1 aliphatic heterocycles. The number of amides is 1. The average molecular weight is 381 g/mol. The summed E-state index contributed by atoms with van der Waals surface area (Å²) in [5.41, 5.74) is 2.08. The standard InChI is InChI=1S/C23H32N4O/c1-26(2)22-21(9-6-14-24-22)23(28)25-15-18-27-16-12-20(13-17-27)11-10-19-7-4-3-5-8-19/h3-9,14,20H,10-13,15-18H2,1-2H3,(H,25,28). The van der Waals surface area contributed by atoms with Gasteiger partial charge in [-0.05, 0) is 62.4 Å². The molecule has 0 saturated carbocycles. The first-order chi connectivity index (χ1) is 13.6. The van der Waals surface area contributed by atoms with E-state index >= 15 is 0 Å². The number of aryl methyl sites for hydroxylation is 1. The van der Waals surface area contributed by atoms with Gasteiger partial charge in [-0.2, -0.15) is 0 Å². The largest absolute Gasteiger partial charge is 0.362 e. The van der Waals surface area contributed by atoms with Gasteiger partial charge in [0.2, 0.25) is 0 Å². The number of piperidine rings is 1. The lowest BCUT2D eigenvalue weighted by Gasteiger charge is -2.32. The second-order valence-electron chi connectivity index (χ2n) is 7.83. The lowest BCUT2D eigenvalue weighted by molar-refractivity contribution is 0.0944. The molecule has 2 aromatic rings. The lowest BCUT2D eigenvalue weighted by atomic mass is 9.90. The Kier molecular flexibility index (Phi) is 7.43. The fraction of sp³-hybridized carbons (Fsp3) is 0.478. The van der Waals surface area contributed by atoms with Crippen molar-refractivity contribution in [2.45, 2.75) is 25.7 Å². The molecular formula is C23H32N4O. The first-order valence-electron chi connectivity index (χ1n) is 10.3. The number of rotatable bonds is 8. The van der Waals surface area contributed by atoms with Crippen LogP contribution in [0.5, 0.6) is 0 Å². The van der Waals surface area contributed by atoms with Crippen LogP contribution in [0, 0.1) is 5.92 Å². The summed E-state index contributed by atoms with van der Waals surface area (Å²) >= 11 is 0. The van der Waals surface area contributed by atoms with E-state index in [-0.39, 0.29) is 5.91 Å². The van der Waals surface area contributed by atoms with Crippen molar-refractivity contribution in [2.24, 2.45) is 5.92 Å². The van der Waals surface area contributed by atoms with Crippen molar-refractivity contribution in [3.8, 4) is 0 Å². The van der Waals surface area contributed by atoms with Crippen LogP contribution in [0.2, 0.25) is 0 Å². The molecule has 1 aromatic carbocycles. The van der Waals surface area contributed by atoms with Crippen LogP contribution in [-0.2, 0) is 6.42 Å². The van der Waals surface area contributed by atoms with Crippen molar-refractivity contribution >= 4 is 11.7 Å². The Balaban J connectivity index is 1.36. The smallest absolute Gasteiger partial charge is 0.255 e. The molecule has 2 heterocycles. The zero-order chi connectivity index (χ0) is 19.8. The van der Waals surface area contributed by atoms with Gasteiger partial charge in [0, 0.05) is 33.4 Å².